The Morgan fingerprint density at radius 2 is 1.71 bits per heavy atom. The summed E-state index contributed by atoms with van der Waals surface area (Å²) in [5.41, 5.74) is 2.11. The SMILES string of the molecule is COc1ccc(C)cc1N(CC(=O)N(CCc1ccccc1)C(C)C(=O)NC(C)C)S(C)(=O)=O. The first-order valence-corrected chi connectivity index (χ1v) is 13.0. The molecule has 0 heterocycles. The molecule has 1 atom stereocenters. The van der Waals surface area contributed by atoms with Gasteiger partial charge in [-0.15, -0.1) is 0 Å². The molecule has 0 aliphatic heterocycles. The first kappa shape index (κ1) is 27.2. The van der Waals surface area contributed by atoms with Crippen molar-refractivity contribution in [2.45, 2.75) is 46.2 Å². The second-order valence-electron chi connectivity index (χ2n) is 8.61. The van der Waals surface area contributed by atoms with Gasteiger partial charge in [0.2, 0.25) is 21.8 Å². The molecular weight excluding hydrogens is 454 g/mol. The van der Waals surface area contributed by atoms with Gasteiger partial charge in [0.15, 0.2) is 0 Å². The summed E-state index contributed by atoms with van der Waals surface area (Å²) in [6.45, 7) is 6.98. The minimum atomic E-state index is -3.82. The normalized spacial score (nSPS) is 12.2. The number of carbonyl (C=O) groups excluding carboxylic acids is 2. The van der Waals surface area contributed by atoms with Crippen LogP contribution in [-0.2, 0) is 26.0 Å². The average molecular weight is 490 g/mol. The van der Waals surface area contributed by atoms with E-state index >= 15 is 0 Å². The highest BCUT2D eigenvalue weighted by molar-refractivity contribution is 7.92. The molecular formula is C25H35N3O5S. The largest absolute Gasteiger partial charge is 0.495 e. The summed E-state index contributed by atoms with van der Waals surface area (Å²) in [7, 11) is -2.38. The van der Waals surface area contributed by atoms with Crippen LogP contribution in [-0.4, -0.2) is 63.7 Å². The van der Waals surface area contributed by atoms with Crippen LogP contribution in [0.4, 0.5) is 5.69 Å². The molecule has 0 radical (unpaired) electrons. The molecule has 2 amide bonds. The molecule has 0 saturated carbocycles. The van der Waals surface area contributed by atoms with Gasteiger partial charge in [0.25, 0.3) is 0 Å². The van der Waals surface area contributed by atoms with Gasteiger partial charge >= 0.3 is 0 Å². The molecule has 8 nitrogen and oxygen atoms in total. The van der Waals surface area contributed by atoms with Crippen LogP contribution in [0.1, 0.15) is 31.9 Å². The number of methoxy groups -OCH3 is 1. The molecule has 1 N–H and O–H groups in total. The molecule has 34 heavy (non-hydrogen) atoms. The van der Waals surface area contributed by atoms with Crippen molar-refractivity contribution in [1.82, 2.24) is 10.2 Å². The average Bonchev–Trinajstić information content (AvgIpc) is 2.76. The first-order valence-electron chi connectivity index (χ1n) is 11.2. The highest BCUT2D eigenvalue weighted by Crippen LogP contribution is 2.31. The quantitative estimate of drug-likeness (QED) is 0.524. The number of nitrogens with one attached hydrogen (secondary N) is 1. The lowest BCUT2D eigenvalue weighted by molar-refractivity contribution is -0.139. The van der Waals surface area contributed by atoms with Gasteiger partial charge in [-0.25, -0.2) is 8.42 Å². The van der Waals surface area contributed by atoms with Crippen molar-refractivity contribution >= 4 is 27.5 Å². The third-order valence-corrected chi connectivity index (χ3v) is 6.49. The van der Waals surface area contributed by atoms with Crippen LogP contribution < -0.4 is 14.4 Å². The minimum Gasteiger partial charge on any atom is -0.495 e. The molecule has 2 aromatic carbocycles. The number of aryl methyl sites for hydroxylation is 1. The summed E-state index contributed by atoms with van der Waals surface area (Å²) in [5.74, 6) is -0.433. The van der Waals surface area contributed by atoms with Gasteiger partial charge in [-0.2, -0.15) is 0 Å². The number of hydrogen-bond donors (Lipinski definition) is 1. The number of amides is 2. The zero-order chi connectivity index (χ0) is 25.5. The fourth-order valence-corrected chi connectivity index (χ4v) is 4.41. The number of nitrogens with zero attached hydrogens (tertiary/aromatic N) is 2. The predicted molar refractivity (Wildman–Crippen MR) is 135 cm³/mol. The van der Waals surface area contributed by atoms with Gasteiger partial charge in [0, 0.05) is 12.6 Å². The summed E-state index contributed by atoms with van der Waals surface area (Å²) in [6, 6.07) is 13.9. The van der Waals surface area contributed by atoms with E-state index in [4.69, 9.17) is 4.74 Å². The Morgan fingerprint density at radius 3 is 2.26 bits per heavy atom. The van der Waals surface area contributed by atoms with E-state index in [9.17, 15) is 18.0 Å². The van der Waals surface area contributed by atoms with Gasteiger partial charge in [-0.3, -0.25) is 13.9 Å². The zero-order valence-corrected chi connectivity index (χ0v) is 21.6. The maximum Gasteiger partial charge on any atom is 0.244 e. The van der Waals surface area contributed by atoms with E-state index in [1.54, 1.807) is 25.1 Å². The number of rotatable bonds is 11. The Morgan fingerprint density at radius 1 is 1.06 bits per heavy atom. The molecule has 0 saturated heterocycles. The molecule has 0 aromatic heterocycles. The third-order valence-electron chi connectivity index (χ3n) is 5.36. The van der Waals surface area contributed by atoms with Gasteiger partial charge in [-0.05, 0) is 57.4 Å². The molecule has 2 rings (SSSR count). The Bertz CT molecular complexity index is 1090. The number of sulfonamides is 1. The van der Waals surface area contributed by atoms with Crippen LogP contribution >= 0.6 is 0 Å². The standard InChI is InChI=1S/C25H35N3O5S/c1-18(2)26-25(30)20(4)27(15-14-21-10-8-7-9-11-21)24(29)17-28(34(6,31)32)22-16-19(3)12-13-23(22)33-5/h7-13,16,18,20H,14-15,17H2,1-6H3,(H,26,30). The second kappa shape index (κ2) is 11.9. The van der Waals surface area contributed by atoms with Crippen LogP contribution in [0.2, 0.25) is 0 Å². The maximum absolute atomic E-state index is 13.5. The number of carbonyl (C=O) groups is 2. The van der Waals surface area contributed by atoms with Gasteiger partial charge in [-0.1, -0.05) is 36.4 Å². The van der Waals surface area contributed by atoms with Gasteiger partial charge in [0.1, 0.15) is 18.3 Å². The van der Waals surface area contributed by atoms with Crippen molar-refractivity contribution in [3.63, 3.8) is 0 Å². The summed E-state index contributed by atoms with van der Waals surface area (Å²) in [6.07, 6.45) is 1.57. The number of benzene rings is 2. The van der Waals surface area contributed by atoms with Crippen molar-refractivity contribution < 1.29 is 22.7 Å². The summed E-state index contributed by atoms with van der Waals surface area (Å²) >= 11 is 0. The van der Waals surface area contributed by atoms with E-state index in [2.05, 4.69) is 5.32 Å². The molecule has 9 heteroatoms. The van der Waals surface area contributed by atoms with E-state index < -0.39 is 28.5 Å². The lowest BCUT2D eigenvalue weighted by Gasteiger charge is -2.32. The van der Waals surface area contributed by atoms with Crippen molar-refractivity contribution in [2.75, 3.05) is 30.8 Å². The Hall–Kier alpha value is -3.07. The van der Waals surface area contributed by atoms with Crippen molar-refractivity contribution in [3.8, 4) is 5.75 Å². The minimum absolute atomic E-state index is 0.0925. The molecule has 0 aliphatic carbocycles. The lowest BCUT2D eigenvalue weighted by atomic mass is 10.1. The second-order valence-corrected chi connectivity index (χ2v) is 10.5. The molecule has 0 bridgehead atoms. The van der Waals surface area contributed by atoms with E-state index in [1.165, 1.54) is 12.0 Å². The molecule has 2 aromatic rings. The highest BCUT2D eigenvalue weighted by Gasteiger charge is 2.31. The third kappa shape index (κ3) is 7.48. The first-order chi connectivity index (χ1) is 15.9. The number of ether oxygens (including phenoxy) is 1. The van der Waals surface area contributed by atoms with E-state index in [0.29, 0.717) is 12.2 Å². The van der Waals surface area contributed by atoms with Crippen molar-refractivity contribution in [1.29, 1.82) is 0 Å². The van der Waals surface area contributed by atoms with Crippen molar-refractivity contribution in [3.05, 3.63) is 59.7 Å². The Labute approximate surface area is 202 Å². The van der Waals surface area contributed by atoms with Crippen molar-refractivity contribution in [2.24, 2.45) is 0 Å². The van der Waals surface area contributed by atoms with E-state index in [-0.39, 0.29) is 24.2 Å². The summed E-state index contributed by atoms with van der Waals surface area (Å²) in [4.78, 5) is 27.7. The molecule has 0 fully saturated rings. The predicted octanol–water partition coefficient (Wildman–Crippen LogP) is 2.75. The zero-order valence-electron chi connectivity index (χ0n) is 20.7. The highest BCUT2D eigenvalue weighted by atomic mass is 32.2. The number of hydrogen-bond acceptors (Lipinski definition) is 5. The molecule has 0 spiro atoms. The van der Waals surface area contributed by atoms with Gasteiger partial charge in [0.05, 0.1) is 19.1 Å². The van der Waals surface area contributed by atoms with Crippen LogP contribution in [0, 0.1) is 6.92 Å². The van der Waals surface area contributed by atoms with Crippen LogP contribution in [0.25, 0.3) is 0 Å². The molecule has 1 unspecified atom stereocenters. The Kier molecular flexibility index (Phi) is 9.49. The molecule has 0 aliphatic rings. The molecule has 186 valence electrons. The van der Waals surface area contributed by atoms with E-state index in [1.807, 2.05) is 51.1 Å². The van der Waals surface area contributed by atoms with Crippen LogP contribution in [0.3, 0.4) is 0 Å². The van der Waals surface area contributed by atoms with Crippen LogP contribution in [0.15, 0.2) is 48.5 Å². The fourth-order valence-electron chi connectivity index (χ4n) is 3.56. The van der Waals surface area contributed by atoms with E-state index in [0.717, 1.165) is 21.7 Å². The lowest BCUT2D eigenvalue weighted by Crippen LogP contribution is -2.53. The summed E-state index contributed by atoms with van der Waals surface area (Å²) < 4.78 is 31.8. The van der Waals surface area contributed by atoms with Gasteiger partial charge < -0.3 is 15.0 Å². The van der Waals surface area contributed by atoms with Crippen LogP contribution in [0.5, 0.6) is 5.75 Å². The Balaban J connectivity index is 2.38. The number of anilines is 1. The topological polar surface area (TPSA) is 96.0 Å². The summed E-state index contributed by atoms with van der Waals surface area (Å²) in [5, 5.41) is 2.83. The fraction of sp³-hybridized carbons (Fsp3) is 0.440. The maximum atomic E-state index is 13.5. The monoisotopic (exact) mass is 489 g/mol. The smallest absolute Gasteiger partial charge is 0.244 e.